The number of ether oxygens (including phenoxy) is 1. The van der Waals surface area contributed by atoms with Crippen molar-refractivity contribution in [3.8, 4) is 5.75 Å². The van der Waals surface area contributed by atoms with Crippen LogP contribution in [0.25, 0.3) is 0 Å². The molecule has 0 amide bonds. The molecule has 20 heavy (non-hydrogen) atoms. The van der Waals surface area contributed by atoms with E-state index >= 15 is 0 Å². The molecule has 0 aliphatic heterocycles. The standard InChI is InChI=1S/C13H17N5O2/c1-20-12-5-3-11(4-6-12)9-15-17-13-14-10-16-18(13)7-2-8-19/h3-6,9-10,19H,2,7-8H2,1H3,(H,14,16,17)/b15-9-. The number of aliphatic hydroxyl groups excluding tert-OH is 1. The van der Waals surface area contributed by atoms with E-state index < -0.39 is 0 Å². The molecule has 0 radical (unpaired) electrons. The molecule has 0 atom stereocenters. The minimum atomic E-state index is 0.119. The number of nitrogens with one attached hydrogen (secondary N) is 1. The lowest BCUT2D eigenvalue weighted by Gasteiger charge is -2.03. The van der Waals surface area contributed by atoms with Gasteiger partial charge in [-0.2, -0.15) is 15.2 Å². The van der Waals surface area contributed by atoms with E-state index in [4.69, 9.17) is 9.84 Å². The third-order valence-corrected chi connectivity index (χ3v) is 2.64. The van der Waals surface area contributed by atoms with Crippen molar-refractivity contribution in [3.05, 3.63) is 36.2 Å². The Balaban J connectivity index is 1.93. The highest BCUT2D eigenvalue weighted by Crippen LogP contribution is 2.10. The van der Waals surface area contributed by atoms with Gasteiger partial charge in [-0.1, -0.05) is 0 Å². The van der Waals surface area contributed by atoms with Gasteiger partial charge in [-0.15, -0.1) is 0 Å². The number of anilines is 1. The molecule has 2 rings (SSSR count). The van der Waals surface area contributed by atoms with Gasteiger partial charge < -0.3 is 9.84 Å². The maximum absolute atomic E-state index is 8.80. The Hall–Kier alpha value is -2.41. The molecule has 7 nitrogen and oxygen atoms in total. The summed E-state index contributed by atoms with van der Waals surface area (Å²) in [4.78, 5) is 4.05. The van der Waals surface area contributed by atoms with Crippen LogP contribution in [0.3, 0.4) is 0 Å². The van der Waals surface area contributed by atoms with E-state index in [0.717, 1.165) is 11.3 Å². The minimum absolute atomic E-state index is 0.119. The zero-order chi connectivity index (χ0) is 14.2. The molecule has 0 bridgehead atoms. The number of nitrogens with zero attached hydrogens (tertiary/aromatic N) is 4. The van der Waals surface area contributed by atoms with Crippen molar-refractivity contribution in [1.82, 2.24) is 14.8 Å². The maximum Gasteiger partial charge on any atom is 0.241 e. The topological polar surface area (TPSA) is 84.6 Å². The number of hydrazone groups is 1. The predicted molar refractivity (Wildman–Crippen MR) is 75.9 cm³/mol. The number of aliphatic hydroxyl groups is 1. The molecule has 1 aromatic heterocycles. The summed E-state index contributed by atoms with van der Waals surface area (Å²) in [5.74, 6) is 1.35. The highest BCUT2D eigenvalue weighted by Gasteiger charge is 2.01. The number of hydrogen-bond acceptors (Lipinski definition) is 6. The summed E-state index contributed by atoms with van der Waals surface area (Å²) < 4.78 is 6.74. The van der Waals surface area contributed by atoms with Crippen LogP contribution in [0.1, 0.15) is 12.0 Å². The zero-order valence-corrected chi connectivity index (χ0v) is 11.2. The van der Waals surface area contributed by atoms with Gasteiger partial charge in [-0.3, -0.25) is 0 Å². The Bertz CT molecular complexity index is 550. The molecule has 0 spiro atoms. The van der Waals surface area contributed by atoms with Crippen molar-refractivity contribution < 1.29 is 9.84 Å². The molecule has 0 aliphatic carbocycles. The lowest BCUT2D eigenvalue weighted by Crippen LogP contribution is -2.06. The third-order valence-electron chi connectivity index (χ3n) is 2.64. The van der Waals surface area contributed by atoms with Crippen LogP contribution >= 0.6 is 0 Å². The molecule has 106 valence electrons. The van der Waals surface area contributed by atoms with Crippen LogP contribution in [-0.4, -0.2) is 39.8 Å². The second kappa shape index (κ2) is 7.25. The molecule has 2 aromatic rings. The van der Waals surface area contributed by atoms with E-state index in [9.17, 15) is 0 Å². The Morgan fingerprint density at radius 3 is 2.90 bits per heavy atom. The summed E-state index contributed by atoms with van der Waals surface area (Å²) in [6.07, 6.45) is 3.76. The van der Waals surface area contributed by atoms with E-state index in [-0.39, 0.29) is 6.61 Å². The van der Waals surface area contributed by atoms with E-state index in [1.54, 1.807) is 18.0 Å². The largest absolute Gasteiger partial charge is 0.497 e. The lowest BCUT2D eigenvalue weighted by molar-refractivity contribution is 0.277. The first-order valence-electron chi connectivity index (χ1n) is 6.25. The van der Waals surface area contributed by atoms with Crippen molar-refractivity contribution in [1.29, 1.82) is 0 Å². The van der Waals surface area contributed by atoms with Gasteiger partial charge in [0.1, 0.15) is 12.1 Å². The Morgan fingerprint density at radius 2 is 2.20 bits per heavy atom. The second-order valence-corrected chi connectivity index (χ2v) is 4.03. The molecular weight excluding hydrogens is 258 g/mol. The fraction of sp³-hybridized carbons (Fsp3) is 0.308. The van der Waals surface area contributed by atoms with Crippen LogP contribution < -0.4 is 10.2 Å². The Labute approximate surface area is 116 Å². The van der Waals surface area contributed by atoms with Crippen molar-refractivity contribution >= 4 is 12.2 Å². The van der Waals surface area contributed by atoms with Gasteiger partial charge in [0.15, 0.2) is 0 Å². The third kappa shape index (κ3) is 3.79. The van der Waals surface area contributed by atoms with Crippen LogP contribution in [-0.2, 0) is 6.54 Å². The van der Waals surface area contributed by atoms with Crippen molar-refractivity contribution in [3.63, 3.8) is 0 Å². The molecule has 0 fully saturated rings. The number of hydrogen-bond donors (Lipinski definition) is 2. The van der Waals surface area contributed by atoms with E-state index in [0.29, 0.717) is 18.9 Å². The van der Waals surface area contributed by atoms with Crippen LogP contribution in [0.2, 0.25) is 0 Å². The summed E-state index contributed by atoms with van der Waals surface area (Å²) in [5.41, 5.74) is 3.77. The molecule has 1 heterocycles. The average molecular weight is 275 g/mol. The van der Waals surface area contributed by atoms with Crippen LogP contribution in [0, 0.1) is 0 Å². The van der Waals surface area contributed by atoms with Gasteiger partial charge in [0.2, 0.25) is 5.95 Å². The van der Waals surface area contributed by atoms with Crippen molar-refractivity contribution in [2.45, 2.75) is 13.0 Å². The van der Waals surface area contributed by atoms with Gasteiger partial charge >= 0.3 is 0 Å². The first kappa shape index (κ1) is 14.0. The smallest absolute Gasteiger partial charge is 0.241 e. The normalized spacial score (nSPS) is 10.9. The quantitative estimate of drug-likeness (QED) is 0.584. The van der Waals surface area contributed by atoms with Crippen LogP contribution in [0.15, 0.2) is 35.7 Å². The SMILES string of the molecule is COc1ccc(/C=N\Nc2ncnn2CCCO)cc1. The lowest BCUT2D eigenvalue weighted by atomic mass is 10.2. The van der Waals surface area contributed by atoms with Crippen LogP contribution in [0.5, 0.6) is 5.75 Å². The maximum atomic E-state index is 8.80. The average Bonchev–Trinajstić information content (AvgIpc) is 2.93. The van der Waals surface area contributed by atoms with Gasteiger partial charge in [-0.25, -0.2) is 10.1 Å². The monoisotopic (exact) mass is 275 g/mol. The van der Waals surface area contributed by atoms with E-state index in [1.807, 2.05) is 24.3 Å². The molecule has 1 aromatic carbocycles. The van der Waals surface area contributed by atoms with Crippen molar-refractivity contribution in [2.75, 3.05) is 19.1 Å². The van der Waals surface area contributed by atoms with E-state index in [1.165, 1.54) is 6.33 Å². The summed E-state index contributed by atoms with van der Waals surface area (Å²) in [6.45, 7) is 0.714. The van der Waals surface area contributed by atoms with Gasteiger partial charge in [0.05, 0.1) is 13.3 Å². The molecule has 2 N–H and O–H groups in total. The number of aromatic nitrogens is 3. The predicted octanol–water partition coefficient (Wildman–Crippen LogP) is 1.12. The van der Waals surface area contributed by atoms with Crippen molar-refractivity contribution in [2.24, 2.45) is 5.10 Å². The summed E-state index contributed by atoms with van der Waals surface area (Å²) in [5, 5.41) is 17.0. The first-order chi connectivity index (χ1) is 9.83. The van der Waals surface area contributed by atoms with E-state index in [2.05, 4.69) is 20.6 Å². The number of aryl methyl sites for hydroxylation is 1. The second-order valence-electron chi connectivity index (χ2n) is 4.03. The highest BCUT2D eigenvalue weighted by molar-refractivity contribution is 5.80. The number of methoxy groups -OCH3 is 1. The summed E-state index contributed by atoms with van der Waals surface area (Å²) in [7, 11) is 1.63. The number of rotatable bonds is 7. The summed E-state index contributed by atoms with van der Waals surface area (Å²) in [6, 6.07) is 7.54. The Kier molecular flexibility index (Phi) is 5.08. The van der Waals surface area contributed by atoms with Gasteiger partial charge in [0.25, 0.3) is 0 Å². The first-order valence-corrected chi connectivity index (χ1v) is 6.25. The minimum Gasteiger partial charge on any atom is -0.497 e. The fourth-order valence-corrected chi connectivity index (χ4v) is 1.59. The molecule has 0 saturated carbocycles. The molecule has 0 unspecified atom stereocenters. The van der Waals surface area contributed by atoms with Crippen LogP contribution in [0.4, 0.5) is 5.95 Å². The molecule has 0 saturated heterocycles. The Morgan fingerprint density at radius 1 is 1.40 bits per heavy atom. The van der Waals surface area contributed by atoms with Gasteiger partial charge in [-0.05, 0) is 36.2 Å². The molecule has 0 aliphatic rings. The number of benzene rings is 1. The summed E-state index contributed by atoms with van der Waals surface area (Å²) >= 11 is 0. The molecular formula is C13H17N5O2. The fourth-order valence-electron chi connectivity index (χ4n) is 1.59. The molecule has 7 heteroatoms. The highest BCUT2D eigenvalue weighted by atomic mass is 16.5. The zero-order valence-electron chi connectivity index (χ0n) is 11.2. The van der Waals surface area contributed by atoms with Gasteiger partial charge in [0, 0.05) is 13.2 Å².